The standard InChI is InChI=1S/C18H26O/c1-5-6-7-8-9-10-11-17-12-15(2)16(3)13-18(17)14-19-4/h12-13H,5-9,14H2,1-4H3. The van der Waals surface area contributed by atoms with Crippen LogP contribution < -0.4 is 0 Å². The molecule has 1 aromatic carbocycles. The second kappa shape index (κ2) is 8.77. The third kappa shape index (κ3) is 5.49. The van der Waals surface area contributed by atoms with E-state index in [0.29, 0.717) is 6.61 Å². The Morgan fingerprint density at radius 3 is 2.47 bits per heavy atom. The number of hydrogen-bond donors (Lipinski definition) is 0. The molecule has 104 valence electrons. The van der Waals surface area contributed by atoms with Gasteiger partial charge in [-0.05, 0) is 43.0 Å². The highest BCUT2D eigenvalue weighted by atomic mass is 16.5. The molecule has 0 aromatic heterocycles. The van der Waals surface area contributed by atoms with Gasteiger partial charge in [0, 0.05) is 19.1 Å². The van der Waals surface area contributed by atoms with Gasteiger partial charge >= 0.3 is 0 Å². The van der Waals surface area contributed by atoms with Gasteiger partial charge in [-0.2, -0.15) is 0 Å². The Balaban J connectivity index is 2.70. The van der Waals surface area contributed by atoms with E-state index in [2.05, 4.69) is 44.7 Å². The third-order valence-electron chi connectivity index (χ3n) is 3.40. The van der Waals surface area contributed by atoms with Crippen LogP contribution in [0.1, 0.15) is 61.3 Å². The van der Waals surface area contributed by atoms with E-state index in [1.165, 1.54) is 42.4 Å². The monoisotopic (exact) mass is 258 g/mol. The maximum absolute atomic E-state index is 5.26. The fourth-order valence-electron chi connectivity index (χ4n) is 2.07. The van der Waals surface area contributed by atoms with Crippen molar-refractivity contribution in [2.24, 2.45) is 0 Å². The summed E-state index contributed by atoms with van der Waals surface area (Å²) < 4.78 is 5.26. The molecule has 0 aliphatic rings. The van der Waals surface area contributed by atoms with Crippen molar-refractivity contribution in [3.05, 3.63) is 34.4 Å². The highest BCUT2D eigenvalue weighted by Crippen LogP contribution is 2.16. The Morgan fingerprint density at radius 1 is 1.05 bits per heavy atom. The van der Waals surface area contributed by atoms with Crippen molar-refractivity contribution in [1.29, 1.82) is 0 Å². The van der Waals surface area contributed by atoms with Crippen molar-refractivity contribution in [3.8, 4) is 11.8 Å². The van der Waals surface area contributed by atoms with Gasteiger partial charge < -0.3 is 4.74 Å². The molecule has 0 N–H and O–H groups in total. The van der Waals surface area contributed by atoms with E-state index in [9.17, 15) is 0 Å². The van der Waals surface area contributed by atoms with Crippen LogP contribution >= 0.6 is 0 Å². The van der Waals surface area contributed by atoms with Crippen molar-refractivity contribution in [3.63, 3.8) is 0 Å². The minimum Gasteiger partial charge on any atom is -0.380 e. The summed E-state index contributed by atoms with van der Waals surface area (Å²) in [7, 11) is 1.73. The van der Waals surface area contributed by atoms with E-state index in [-0.39, 0.29) is 0 Å². The zero-order valence-corrected chi connectivity index (χ0v) is 12.8. The van der Waals surface area contributed by atoms with Crippen molar-refractivity contribution >= 4 is 0 Å². The highest BCUT2D eigenvalue weighted by Gasteiger charge is 2.03. The summed E-state index contributed by atoms with van der Waals surface area (Å²) in [4.78, 5) is 0. The number of benzene rings is 1. The number of aryl methyl sites for hydroxylation is 2. The lowest BCUT2D eigenvalue weighted by Crippen LogP contribution is -1.95. The van der Waals surface area contributed by atoms with Crippen LogP contribution in [0, 0.1) is 25.7 Å². The van der Waals surface area contributed by atoms with E-state index in [4.69, 9.17) is 4.74 Å². The van der Waals surface area contributed by atoms with E-state index < -0.39 is 0 Å². The van der Waals surface area contributed by atoms with Gasteiger partial charge in [-0.1, -0.05) is 44.1 Å². The fraction of sp³-hybridized carbons (Fsp3) is 0.556. The molecule has 0 heterocycles. The smallest absolute Gasteiger partial charge is 0.0725 e. The van der Waals surface area contributed by atoms with Gasteiger partial charge in [0.15, 0.2) is 0 Å². The van der Waals surface area contributed by atoms with Gasteiger partial charge in [-0.3, -0.25) is 0 Å². The molecule has 1 aromatic rings. The normalized spacial score (nSPS) is 10.1. The first-order valence-electron chi connectivity index (χ1n) is 7.27. The van der Waals surface area contributed by atoms with Crippen LogP contribution in [0.4, 0.5) is 0 Å². The maximum atomic E-state index is 5.26. The first-order chi connectivity index (χ1) is 9.19. The van der Waals surface area contributed by atoms with Crippen LogP contribution in [0.3, 0.4) is 0 Å². The number of methoxy groups -OCH3 is 1. The summed E-state index contributed by atoms with van der Waals surface area (Å²) in [6, 6.07) is 4.38. The van der Waals surface area contributed by atoms with Crippen LogP contribution in [0.5, 0.6) is 0 Å². The lowest BCUT2D eigenvalue weighted by molar-refractivity contribution is 0.184. The average molecular weight is 258 g/mol. The van der Waals surface area contributed by atoms with Gasteiger partial charge in [-0.25, -0.2) is 0 Å². The number of ether oxygens (including phenoxy) is 1. The van der Waals surface area contributed by atoms with E-state index in [0.717, 1.165) is 12.0 Å². The number of unbranched alkanes of at least 4 members (excludes halogenated alkanes) is 4. The van der Waals surface area contributed by atoms with Gasteiger partial charge in [0.2, 0.25) is 0 Å². The van der Waals surface area contributed by atoms with E-state index in [1.807, 2.05) is 0 Å². The van der Waals surface area contributed by atoms with Gasteiger partial charge in [0.05, 0.1) is 6.61 Å². The average Bonchev–Trinajstić information content (AvgIpc) is 2.39. The van der Waals surface area contributed by atoms with Crippen LogP contribution in [0.25, 0.3) is 0 Å². The number of rotatable bonds is 6. The van der Waals surface area contributed by atoms with Crippen LogP contribution in [0.15, 0.2) is 12.1 Å². The Morgan fingerprint density at radius 2 is 1.79 bits per heavy atom. The molecule has 0 aliphatic carbocycles. The zero-order chi connectivity index (χ0) is 14.1. The molecule has 0 saturated carbocycles. The molecule has 0 saturated heterocycles. The third-order valence-corrected chi connectivity index (χ3v) is 3.40. The van der Waals surface area contributed by atoms with Crippen molar-refractivity contribution in [2.75, 3.05) is 7.11 Å². The summed E-state index contributed by atoms with van der Waals surface area (Å²) in [6.07, 6.45) is 6.11. The Kier molecular flexibility index (Phi) is 7.30. The Hall–Kier alpha value is -1.26. The molecule has 1 heteroatoms. The van der Waals surface area contributed by atoms with Crippen LogP contribution in [-0.4, -0.2) is 7.11 Å². The van der Waals surface area contributed by atoms with Gasteiger partial charge in [0.1, 0.15) is 0 Å². The number of hydrogen-bond acceptors (Lipinski definition) is 1. The maximum Gasteiger partial charge on any atom is 0.0725 e. The second-order valence-electron chi connectivity index (χ2n) is 5.14. The summed E-state index contributed by atoms with van der Waals surface area (Å²) in [5, 5.41) is 0. The molecule has 1 rings (SSSR count). The second-order valence-corrected chi connectivity index (χ2v) is 5.14. The summed E-state index contributed by atoms with van der Waals surface area (Å²) in [5.41, 5.74) is 4.93. The molecule has 0 atom stereocenters. The minimum atomic E-state index is 0.640. The molecule has 19 heavy (non-hydrogen) atoms. The van der Waals surface area contributed by atoms with E-state index in [1.54, 1.807) is 7.11 Å². The molecule has 0 fully saturated rings. The zero-order valence-electron chi connectivity index (χ0n) is 12.8. The van der Waals surface area contributed by atoms with Crippen molar-refractivity contribution < 1.29 is 4.74 Å². The van der Waals surface area contributed by atoms with Crippen molar-refractivity contribution in [1.82, 2.24) is 0 Å². The molecule has 0 bridgehead atoms. The minimum absolute atomic E-state index is 0.640. The molecule has 1 nitrogen and oxygen atoms in total. The first-order valence-corrected chi connectivity index (χ1v) is 7.27. The van der Waals surface area contributed by atoms with Crippen LogP contribution in [-0.2, 0) is 11.3 Å². The summed E-state index contributed by atoms with van der Waals surface area (Å²) in [6.45, 7) is 7.15. The van der Waals surface area contributed by atoms with Crippen LogP contribution in [0.2, 0.25) is 0 Å². The Labute approximate surface area is 118 Å². The summed E-state index contributed by atoms with van der Waals surface area (Å²) in [5.74, 6) is 6.61. The molecular weight excluding hydrogens is 232 g/mol. The molecule has 0 radical (unpaired) electrons. The van der Waals surface area contributed by atoms with Crippen molar-refractivity contribution in [2.45, 2.75) is 59.5 Å². The van der Waals surface area contributed by atoms with E-state index >= 15 is 0 Å². The molecule has 0 unspecified atom stereocenters. The molecular formula is C18H26O. The largest absolute Gasteiger partial charge is 0.380 e. The summed E-state index contributed by atoms with van der Waals surface area (Å²) >= 11 is 0. The fourth-order valence-corrected chi connectivity index (χ4v) is 2.07. The SMILES string of the molecule is CCCCCCC#Cc1cc(C)c(C)cc1COC. The predicted molar refractivity (Wildman–Crippen MR) is 82.3 cm³/mol. The molecule has 0 spiro atoms. The lowest BCUT2D eigenvalue weighted by atomic mass is 10.0. The topological polar surface area (TPSA) is 9.23 Å². The first kappa shape index (κ1) is 15.8. The van der Waals surface area contributed by atoms with Gasteiger partial charge in [0.25, 0.3) is 0 Å². The lowest BCUT2D eigenvalue weighted by Gasteiger charge is -2.08. The molecule has 0 amide bonds. The Bertz CT molecular complexity index is 449. The van der Waals surface area contributed by atoms with Gasteiger partial charge in [-0.15, -0.1) is 0 Å². The quantitative estimate of drug-likeness (QED) is 0.527. The highest BCUT2D eigenvalue weighted by molar-refractivity contribution is 5.46. The molecule has 0 aliphatic heterocycles. The predicted octanol–water partition coefficient (Wildman–Crippen LogP) is 4.77.